The molecule has 0 amide bonds. The van der Waals surface area contributed by atoms with E-state index in [0.717, 1.165) is 0 Å². The zero-order chi connectivity index (χ0) is 9.46. The standard InChI is InChI=1S/C6HF5/c7-2-1-3(8)5(10)6(11)4(2)9/h1H/i1D. The van der Waals surface area contributed by atoms with Crippen molar-refractivity contribution in [2.45, 2.75) is 0 Å². The first kappa shape index (κ1) is 6.57. The van der Waals surface area contributed by atoms with Crippen LogP contribution in [0.15, 0.2) is 6.04 Å². The summed E-state index contributed by atoms with van der Waals surface area (Å²) in [5, 5.41) is 0. The maximum atomic E-state index is 12.2. The molecule has 0 aliphatic rings. The summed E-state index contributed by atoms with van der Waals surface area (Å²) in [6, 6.07) is -1.62. The second-order valence-corrected chi connectivity index (χ2v) is 1.69. The second kappa shape index (κ2) is 2.48. The lowest BCUT2D eigenvalue weighted by Crippen LogP contribution is -1.98. The molecular weight excluding hydrogens is 167 g/mol. The molecule has 1 aromatic carbocycles. The Bertz CT molecular complexity index is 230. The monoisotopic (exact) mass is 169 g/mol. The molecule has 0 bridgehead atoms. The molecule has 1 rings (SSSR count). The molecule has 60 valence electrons. The highest BCUT2D eigenvalue weighted by atomic mass is 19.2. The molecule has 0 fully saturated rings. The van der Waals surface area contributed by atoms with Gasteiger partial charge in [0.25, 0.3) is 0 Å². The van der Waals surface area contributed by atoms with Crippen LogP contribution in [-0.4, -0.2) is 0 Å². The van der Waals surface area contributed by atoms with Crippen molar-refractivity contribution in [1.82, 2.24) is 0 Å². The zero-order valence-electron chi connectivity index (χ0n) is 5.89. The van der Waals surface area contributed by atoms with Crippen molar-refractivity contribution in [3.63, 3.8) is 0 Å². The van der Waals surface area contributed by atoms with Gasteiger partial charge in [-0.2, -0.15) is 0 Å². The highest BCUT2D eigenvalue weighted by Crippen LogP contribution is 2.16. The maximum absolute atomic E-state index is 12.2. The smallest absolute Gasteiger partial charge is 0.200 e. The maximum Gasteiger partial charge on any atom is 0.200 e. The average Bonchev–Trinajstić information content (AvgIpc) is 2.08. The Kier molecular flexibility index (Phi) is 1.48. The van der Waals surface area contributed by atoms with Crippen LogP contribution in [0.5, 0.6) is 0 Å². The largest absolute Gasteiger partial charge is 0.204 e. The van der Waals surface area contributed by atoms with E-state index in [9.17, 15) is 22.0 Å². The van der Waals surface area contributed by atoms with E-state index in [4.69, 9.17) is 1.37 Å². The molecule has 0 atom stereocenters. The predicted molar refractivity (Wildman–Crippen MR) is 26.2 cm³/mol. The summed E-state index contributed by atoms with van der Waals surface area (Å²) in [5.74, 6) is -10.7. The van der Waals surface area contributed by atoms with E-state index in [-0.39, 0.29) is 0 Å². The highest BCUT2D eigenvalue weighted by molar-refractivity contribution is 5.12. The molecule has 0 saturated heterocycles. The molecule has 0 aliphatic carbocycles. The van der Waals surface area contributed by atoms with Crippen molar-refractivity contribution in [2.75, 3.05) is 0 Å². The van der Waals surface area contributed by atoms with E-state index in [1.54, 1.807) is 0 Å². The van der Waals surface area contributed by atoms with Crippen molar-refractivity contribution >= 4 is 0 Å². The van der Waals surface area contributed by atoms with Gasteiger partial charge in [0.05, 0.1) is 1.37 Å². The van der Waals surface area contributed by atoms with Gasteiger partial charge >= 0.3 is 0 Å². The average molecular weight is 169 g/mol. The van der Waals surface area contributed by atoms with Crippen LogP contribution >= 0.6 is 0 Å². The summed E-state index contributed by atoms with van der Waals surface area (Å²) >= 11 is 0. The van der Waals surface area contributed by atoms with Gasteiger partial charge in [0.1, 0.15) is 0 Å². The molecule has 0 heterocycles. The third-order valence-electron chi connectivity index (χ3n) is 0.990. The van der Waals surface area contributed by atoms with Crippen molar-refractivity contribution in [2.24, 2.45) is 0 Å². The Labute approximate surface area is 59.7 Å². The number of rotatable bonds is 0. The first-order valence-corrected chi connectivity index (χ1v) is 2.44. The molecule has 0 nitrogen and oxygen atoms in total. The number of halogens is 5. The van der Waals surface area contributed by atoms with Gasteiger partial charge in [-0.05, 0) is 0 Å². The summed E-state index contributed by atoms with van der Waals surface area (Å²) in [4.78, 5) is 0. The summed E-state index contributed by atoms with van der Waals surface area (Å²) in [6.45, 7) is 0. The minimum absolute atomic E-state index is 1.62. The summed E-state index contributed by atoms with van der Waals surface area (Å²) in [7, 11) is 0. The van der Waals surface area contributed by atoms with Crippen molar-refractivity contribution in [3.8, 4) is 0 Å². The van der Waals surface area contributed by atoms with Crippen LogP contribution in [0.3, 0.4) is 0 Å². The zero-order valence-corrected chi connectivity index (χ0v) is 4.89. The molecule has 0 radical (unpaired) electrons. The molecule has 5 heteroatoms. The molecule has 0 spiro atoms. The van der Waals surface area contributed by atoms with Crippen LogP contribution in [0.1, 0.15) is 1.37 Å². The molecule has 0 unspecified atom stereocenters. The Balaban J connectivity index is 3.60. The Hall–Kier alpha value is -1.13. The topological polar surface area (TPSA) is 0 Å². The fourth-order valence-electron chi connectivity index (χ4n) is 0.495. The van der Waals surface area contributed by atoms with E-state index in [1.807, 2.05) is 0 Å². The van der Waals surface area contributed by atoms with Crippen LogP contribution < -0.4 is 0 Å². The third kappa shape index (κ3) is 1.18. The number of benzene rings is 1. The summed E-state index contributed by atoms with van der Waals surface area (Å²) in [5.41, 5.74) is 0. The Morgan fingerprint density at radius 1 is 0.818 bits per heavy atom. The van der Waals surface area contributed by atoms with Crippen LogP contribution in [0, 0.1) is 29.1 Å². The van der Waals surface area contributed by atoms with Crippen molar-refractivity contribution < 1.29 is 23.3 Å². The third-order valence-corrected chi connectivity index (χ3v) is 0.990. The SMILES string of the molecule is [2H]c1c(F)c(F)c(F)c(F)c1F. The normalized spacial score (nSPS) is 11.5. The lowest BCUT2D eigenvalue weighted by atomic mass is 10.3. The predicted octanol–water partition coefficient (Wildman–Crippen LogP) is 2.38. The van der Waals surface area contributed by atoms with Crippen LogP contribution in [0.25, 0.3) is 0 Å². The Morgan fingerprint density at radius 2 is 1.18 bits per heavy atom. The van der Waals surface area contributed by atoms with Crippen molar-refractivity contribution in [1.29, 1.82) is 0 Å². The Morgan fingerprint density at radius 3 is 1.55 bits per heavy atom. The number of hydrogen-bond acceptors (Lipinski definition) is 0. The first-order chi connectivity index (χ1) is 5.46. The van der Waals surface area contributed by atoms with Crippen LogP contribution in [-0.2, 0) is 0 Å². The van der Waals surface area contributed by atoms with Crippen LogP contribution in [0.2, 0.25) is 0 Å². The molecule has 0 aliphatic heterocycles. The van der Waals surface area contributed by atoms with Gasteiger partial charge < -0.3 is 0 Å². The molecule has 0 N–H and O–H groups in total. The van der Waals surface area contributed by atoms with Crippen molar-refractivity contribution in [3.05, 3.63) is 35.1 Å². The van der Waals surface area contributed by atoms with Gasteiger partial charge in [-0.1, -0.05) is 0 Å². The lowest BCUT2D eigenvalue weighted by molar-refractivity contribution is 0.378. The van der Waals surface area contributed by atoms with E-state index in [2.05, 4.69) is 0 Å². The van der Waals surface area contributed by atoms with E-state index in [0.29, 0.717) is 0 Å². The fraction of sp³-hybridized carbons (Fsp3) is 0. The summed E-state index contributed by atoms with van der Waals surface area (Å²) in [6.07, 6.45) is 0. The molecule has 0 saturated carbocycles. The molecule has 11 heavy (non-hydrogen) atoms. The molecule has 1 aromatic rings. The van der Waals surface area contributed by atoms with Gasteiger partial charge in [-0.3, -0.25) is 0 Å². The fourth-order valence-corrected chi connectivity index (χ4v) is 0.495. The van der Waals surface area contributed by atoms with E-state index in [1.165, 1.54) is 0 Å². The molecule has 0 aromatic heterocycles. The van der Waals surface area contributed by atoms with Crippen LogP contribution in [0.4, 0.5) is 22.0 Å². The molecular formula is C6HF5. The van der Waals surface area contributed by atoms with Gasteiger partial charge in [-0.25, -0.2) is 22.0 Å². The van der Waals surface area contributed by atoms with Gasteiger partial charge in [0.15, 0.2) is 23.3 Å². The van der Waals surface area contributed by atoms with E-state index >= 15 is 0 Å². The highest BCUT2D eigenvalue weighted by Gasteiger charge is 2.18. The number of hydrogen-bond donors (Lipinski definition) is 0. The quantitative estimate of drug-likeness (QED) is 0.317. The minimum atomic E-state index is -2.25. The van der Waals surface area contributed by atoms with E-state index < -0.39 is 35.1 Å². The van der Waals surface area contributed by atoms with Gasteiger partial charge in [-0.15, -0.1) is 0 Å². The first-order valence-electron chi connectivity index (χ1n) is 2.94. The van der Waals surface area contributed by atoms with Gasteiger partial charge in [0, 0.05) is 6.04 Å². The lowest BCUT2D eigenvalue weighted by Gasteiger charge is -1.96. The second-order valence-electron chi connectivity index (χ2n) is 1.69. The van der Waals surface area contributed by atoms with Gasteiger partial charge in [0.2, 0.25) is 5.82 Å². The summed E-state index contributed by atoms with van der Waals surface area (Å²) < 4.78 is 67.3. The minimum Gasteiger partial charge on any atom is -0.204 e.